The van der Waals surface area contributed by atoms with E-state index in [4.69, 9.17) is 9.26 Å². The van der Waals surface area contributed by atoms with Crippen molar-refractivity contribution >= 4 is 5.96 Å². The SMILES string of the molecule is CCC(CC)c1cc(CNC(=NC)N2CCC(COCc3ccccc3)C2)on1. The van der Waals surface area contributed by atoms with Gasteiger partial charge in [-0.25, -0.2) is 0 Å². The second-order valence-electron chi connectivity index (χ2n) is 7.73. The molecule has 1 fully saturated rings. The number of likely N-dealkylation sites (tertiary alicyclic amines) is 1. The van der Waals surface area contributed by atoms with Gasteiger partial charge in [0, 0.05) is 38.0 Å². The Balaban J connectivity index is 1.42. The van der Waals surface area contributed by atoms with Crippen molar-refractivity contribution in [3.05, 3.63) is 53.4 Å². The van der Waals surface area contributed by atoms with E-state index in [1.165, 1.54) is 5.56 Å². The van der Waals surface area contributed by atoms with Crippen LogP contribution in [0.2, 0.25) is 0 Å². The zero-order valence-corrected chi connectivity index (χ0v) is 17.9. The zero-order valence-electron chi connectivity index (χ0n) is 17.9. The number of hydrogen-bond donors (Lipinski definition) is 1. The van der Waals surface area contributed by atoms with Crippen LogP contribution in [0.15, 0.2) is 45.9 Å². The van der Waals surface area contributed by atoms with Crippen LogP contribution in [0.25, 0.3) is 0 Å². The van der Waals surface area contributed by atoms with Crippen molar-refractivity contribution in [2.24, 2.45) is 10.9 Å². The second kappa shape index (κ2) is 11.0. The molecular formula is C23H34N4O2. The lowest BCUT2D eigenvalue weighted by Gasteiger charge is -2.21. The van der Waals surface area contributed by atoms with Crippen LogP contribution in [0.5, 0.6) is 0 Å². The van der Waals surface area contributed by atoms with Gasteiger partial charge in [0.15, 0.2) is 11.7 Å². The molecule has 0 bridgehead atoms. The summed E-state index contributed by atoms with van der Waals surface area (Å²) in [5.41, 5.74) is 2.28. The maximum atomic E-state index is 5.93. The fourth-order valence-electron chi connectivity index (χ4n) is 3.89. The molecule has 1 aromatic carbocycles. The van der Waals surface area contributed by atoms with Crippen molar-refractivity contribution in [2.45, 2.75) is 52.2 Å². The van der Waals surface area contributed by atoms with E-state index in [1.54, 1.807) is 0 Å². The Morgan fingerprint density at radius 2 is 2.10 bits per heavy atom. The number of aliphatic imine (C=N–C) groups is 1. The molecule has 6 heteroatoms. The van der Waals surface area contributed by atoms with Crippen LogP contribution in [-0.4, -0.2) is 42.8 Å². The minimum Gasteiger partial charge on any atom is -0.376 e. The lowest BCUT2D eigenvalue weighted by Crippen LogP contribution is -2.39. The first kappa shape index (κ1) is 21.4. The molecule has 29 heavy (non-hydrogen) atoms. The molecule has 2 aromatic rings. The van der Waals surface area contributed by atoms with Gasteiger partial charge < -0.3 is 19.5 Å². The van der Waals surface area contributed by atoms with Gasteiger partial charge in [0.1, 0.15) is 0 Å². The van der Waals surface area contributed by atoms with Crippen LogP contribution in [0.1, 0.15) is 56.0 Å². The molecule has 0 spiro atoms. The first-order valence-corrected chi connectivity index (χ1v) is 10.8. The highest BCUT2D eigenvalue weighted by Crippen LogP contribution is 2.22. The van der Waals surface area contributed by atoms with Crippen LogP contribution in [-0.2, 0) is 17.9 Å². The molecule has 1 atom stereocenters. The predicted molar refractivity (Wildman–Crippen MR) is 116 cm³/mol. The number of ether oxygens (including phenoxy) is 1. The first-order chi connectivity index (χ1) is 14.2. The van der Waals surface area contributed by atoms with Crippen molar-refractivity contribution in [1.29, 1.82) is 0 Å². The van der Waals surface area contributed by atoms with E-state index in [0.717, 1.165) is 56.4 Å². The molecule has 0 saturated carbocycles. The first-order valence-electron chi connectivity index (χ1n) is 10.8. The average Bonchev–Trinajstić information content (AvgIpc) is 3.41. The van der Waals surface area contributed by atoms with E-state index >= 15 is 0 Å². The van der Waals surface area contributed by atoms with Crippen LogP contribution in [0.4, 0.5) is 0 Å². The molecular weight excluding hydrogens is 364 g/mol. The van der Waals surface area contributed by atoms with Gasteiger partial charge in [-0.15, -0.1) is 0 Å². The lowest BCUT2D eigenvalue weighted by molar-refractivity contribution is 0.0906. The molecule has 1 N–H and O–H groups in total. The molecule has 2 heterocycles. The summed E-state index contributed by atoms with van der Waals surface area (Å²) in [6.45, 7) is 8.40. The molecule has 1 saturated heterocycles. The quantitative estimate of drug-likeness (QED) is 0.507. The summed E-state index contributed by atoms with van der Waals surface area (Å²) in [5, 5.41) is 7.67. The van der Waals surface area contributed by atoms with Crippen molar-refractivity contribution in [1.82, 2.24) is 15.4 Å². The Kier molecular flexibility index (Phi) is 8.11. The normalized spacial score (nSPS) is 17.3. The van der Waals surface area contributed by atoms with Crippen molar-refractivity contribution in [3.63, 3.8) is 0 Å². The molecule has 158 valence electrons. The minimum atomic E-state index is 0.474. The predicted octanol–water partition coefficient (Wildman–Crippen LogP) is 4.19. The fourth-order valence-corrected chi connectivity index (χ4v) is 3.89. The second-order valence-corrected chi connectivity index (χ2v) is 7.73. The van der Waals surface area contributed by atoms with Crippen molar-refractivity contribution < 1.29 is 9.26 Å². The van der Waals surface area contributed by atoms with Crippen LogP contribution < -0.4 is 5.32 Å². The van der Waals surface area contributed by atoms with Crippen LogP contribution >= 0.6 is 0 Å². The highest BCUT2D eigenvalue weighted by atomic mass is 16.5. The molecule has 3 rings (SSSR count). The number of rotatable bonds is 9. The van der Waals surface area contributed by atoms with Gasteiger partial charge in [0.2, 0.25) is 0 Å². The van der Waals surface area contributed by atoms with Crippen molar-refractivity contribution in [3.8, 4) is 0 Å². The Morgan fingerprint density at radius 1 is 1.31 bits per heavy atom. The van der Waals surface area contributed by atoms with E-state index in [-0.39, 0.29) is 0 Å². The summed E-state index contributed by atoms with van der Waals surface area (Å²) in [6.07, 6.45) is 3.29. The highest BCUT2D eigenvalue weighted by Gasteiger charge is 2.25. The number of nitrogens with zero attached hydrogens (tertiary/aromatic N) is 3. The number of hydrogen-bond acceptors (Lipinski definition) is 4. The van der Waals surface area contributed by atoms with E-state index < -0.39 is 0 Å². The zero-order chi connectivity index (χ0) is 20.5. The van der Waals surface area contributed by atoms with Gasteiger partial charge in [0.05, 0.1) is 25.5 Å². The van der Waals surface area contributed by atoms with E-state index in [1.807, 2.05) is 25.2 Å². The van der Waals surface area contributed by atoms with E-state index in [2.05, 4.69) is 52.4 Å². The summed E-state index contributed by atoms with van der Waals surface area (Å²) in [5.74, 6) is 2.78. The average molecular weight is 399 g/mol. The monoisotopic (exact) mass is 398 g/mol. The minimum absolute atomic E-state index is 0.474. The van der Waals surface area contributed by atoms with Gasteiger partial charge in [0.25, 0.3) is 0 Å². The molecule has 1 aromatic heterocycles. The van der Waals surface area contributed by atoms with Gasteiger partial charge >= 0.3 is 0 Å². The summed E-state index contributed by atoms with van der Waals surface area (Å²) in [7, 11) is 1.83. The van der Waals surface area contributed by atoms with Gasteiger partial charge in [-0.2, -0.15) is 0 Å². The van der Waals surface area contributed by atoms with Crippen LogP contribution in [0, 0.1) is 5.92 Å². The Morgan fingerprint density at radius 3 is 2.83 bits per heavy atom. The third-order valence-electron chi connectivity index (χ3n) is 5.66. The topological polar surface area (TPSA) is 62.9 Å². The third-order valence-corrected chi connectivity index (χ3v) is 5.66. The van der Waals surface area contributed by atoms with Gasteiger partial charge in [-0.3, -0.25) is 4.99 Å². The van der Waals surface area contributed by atoms with Gasteiger partial charge in [-0.05, 0) is 24.8 Å². The molecule has 6 nitrogen and oxygen atoms in total. The molecule has 1 aliphatic heterocycles. The van der Waals surface area contributed by atoms with E-state index in [0.29, 0.717) is 25.0 Å². The largest absolute Gasteiger partial charge is 0.376 e. The maximum Gasteiger partial charge on any atom is 0.194 e. The third kappa shape index (κ3) is 6.07. The standard InChI is InChI=1S/C23H34N4O2/c1-4-20(5-2)22-13-21(29-26-22)14-25-23(24-3)27-12-11-19(15-27)17-28-16-18-9-7-6-8-10-18/h6-10,13,19-20H,4-5,11-12,14-17H2,1-3H3,(H,24,25). The lowest BCUT2D eigenvalue weighted by atomic mass is 9.99. The summed E-state index contributed by atoms with van der Waals surface area (Å²) in [6, 6.07) is 12.4. The fraction of sp³-hybridized carbons (Fsp3) is 0.565. The molecule has 0 aliphatic carbocycles. The van der Waals surface area contributed by atoms with E-state index in [9.17, 15) is 0 Å². The van der Waals surface area contributed by atoms with Crippen LogP contribution in [0.3, 0.4) is 0 Å². The Bertz CT molecular complexity index is 755. The molecule has 1 unspecified atom stereocenters. The number of guanidine groups is 1. The number of nitrogens with one attached hydrogen (secondary N) is 1. The maximum absolute atomic E-state index is 5.93. The summed E-state index contributed by atoms with van der Waals surface area (Å²) in [4.78, 5) is 6.75. The molecule has 0 amide bonds. The molecule has 1 aliphatic rings. The summed E-state index contributed by atoms with van der Waals surface area (Å²) < 4.78 is 11.4. The number of benzene rings is 1. The van der Waals surface area contributed by atoms with Crippen molar-refractivity contribution in [2.75, 3.05) is 26.7 Å². The Labute approximate surface area is 174 Å². The summed E-state index contributed by atoms with van der Waals surface area (Å²) >= 11 is 0. The highest BCUT2D eigenvalue weighted by molar-refractivity contribution is 5.80. The molecule has 0 radical (unpaired) electrons. The number of aromatic nitrogens is 1. The smallest absolute Gasteiger partial charge is 0.194 e. The van der Waals surface area contributed by atoms with Gasteiger partial charge in [-0.1, -0.05) is 49.3 Å². The Hall–Kier alpha value is -2.34.